The molecule has 0 amide bonds. The molecular formula is C18H30N2. The molecule has 1 aliphatic heterocycles. The summed E-state index contributed by atoms with van der Waals surface area (Å²) in [5.41, 5.74) is 1.74. The van der Waals surface area contributed by atoms with Gasteiger partial charge in [0.25, 0.3) is 0 Å². The van der Waals surface area contributed by atoms with Gasteiger partial charge in [0.1, 0.15) is 0 Å². The fourth-order valence-corrected chi connectivity index (χ4v) is 3.17. The molecule has 0 aliphatic carbocycles. The van der Waals surface area contributed by atoms with E-state index in [0.717, 1.165) is 12.6 Å². The van der Waals surface area contributed by atoms with Gasteiger partial charge in [-0.15, -0.1) is 0 Å². The van der Waals surface area contributed by atoms with Crippen LogP contribution >= 0.6 is 0 Å². The Bertz CT molecular complexity index is 386. The summed E-state index contributed by atoms with van der Waals surface area (Å²) < 4.78 is 0. The van der Waals surface area contributed by atoms with Crippen molar-refractivity contribution >= 4 is 0 Å². The van der Waals surface area contributed by atoms with Gasteiger partial charge in [-0.3, -0.25) is 4.90 Å². The van der Waals surface area contributed by atoms with Crippen LogP contribution in [0.5, 0.6) is 0 Å². The van der Waals surface area contributed by atoms with Crippen LogP contribution in [-0.2, 0) is 6.42 Å². The third-order valence-corrected chi connectivity index (χ3v) is 4.41. The van der Waals surface area contributed by atoms with Crippen molar-refractivity contribution in [1.29, 1.82) is 0 Å². The first-order valence-electron chi connectivity index (χ1n) is 8.14. The van der Waals surface area contributed by atoms with Gasteiger partial charge >= 0.3 is 0 Å². The third kappa shape index (κ3) is 4.60. The Morgan fingerprint density at radius 3 is 2.65 bits per heavy atom. The molecule has 112 valence electrons. The first kappa shape index (κ1) is 15.5. The Morgan fingerprint density at radius 2 is 1.95 bits per heavy atom. The third-order valence-electron chi connectivity index (χ3n) is 4.41. The lowest BCUT2D eigenvalue weighted by Crippen LogP contribution is -2.61. The minimum atomic E-state index is 0.269. The highest BCUT2D eigenvalue weighted by Crippen LogP contribution is 2.18. The van der Waals surface area contributed by atoms with E-state index in [9.17, 15) is 0 Å². The van der Waals surface area contributed by atoms with Crippen LogP contribution in [0.1, 0.15) is 45.6 Å². The van der Waals surface area contributed by atoms with Crippen LogP contribution in [0.15, 0.2) is 30.3 Å². The Hall–Kier alpha value is -0.860. The van der Waals surface area contributed by atoms with Gasteiger partial charge < -0.3 is 5.32 Å². The quantitative estimate of drug-likeness (QED) is 0.799. The zero-order valence-electron chi connectivity index (χ0n) is 13.4. The van der Waals surface area contributed by atoms with Crippen LogP contribution in [0.4, 0.5) is 0 Å². The molecule has 1 aromatic carbocycles. The molecule has 0 aromatic heterocycles. The van der Waals surface area contributed by atoms with E-state index in [4.69, 9.17) is 0 Å². The second kappa shape index (κ2) is 7.24. The van der Waals surface area contributed by atoms with Crippen LogP contribution < -0.4 is 5.32 Å². The molecule has 0 spiro atoms. The highest BCUT2D eigenvalue weighted by Gasteiger charge is 2.30. The molecule has 1 aromatic rings. The number of piperazine rings is 1. The fourth-order valence-electron chi connectivity index (χ4n) is 3.17. The monoisotopic (exact) mass is 274 g/mol. The summed E-state index contributed by atoms with van der Waals surface area (Å²) in [5, 5.41) is 3.66. The fraction of sp³-hybridized carbons (Fsp3) is 0.667. The van der Waals surface area contributed by atoms with E-state index in [1.807, 2.05) is 0 Å². The molecule has 1 atom stereocenters. The lowest BCUT2D eigenvalue weighted by atomic mass is 9.97. The average Bonchev–Trinajstić information content (AvgIpc) is 2.44. The van der Waals surface area contributed by atoms with Crippen LogP contribution in [-0.4, -0.2) is 36.1 Å². The zero-order valence-corrected chi connectivity index (χ0v) is 13.4. The van der Waals surface area contributed by atoms with E-state index in [1.54, 1.807) is 0 Å². The molecule has 1 aliphatic rings. The number of nitrogens with zero attached hydrogens (tertiary/aromatic N) is 1. The zero-order chi connectivity index (χ0) is 14.4. The van der Waals surface area contributed by atoms with Crippen LogP contribution in [0.2, 0.25) is 0 Å². The highest BCUT2D eigenvalue weighted by molar-refractivity contribution is 5.14. The van der Waals surface area contributed by atoms with Crippen molar-refractivity contribution in [2.45, 2.75) is 58.0 Å². The molecule has 1 fully saturated rings. The van der Waals surface area contributed by atoms with Gasteiger partial charge in [-0.25, -0.2) is 0 Å². The molecule has 1 heterocycles. The number of hydrogen-bond donors (Lipinski definition) is 1. The number of benzene rings is 1. The van der Waals surface area contributed by atoms with E-state index >= 15 is 0 Å². The van der Waals surface area contributed by atoms with Crippen LogP contribution in [0.25, 0.3) is 0 Å². The number of rotatable bonds is 6. The molecule has 0 bridgehead atoms. The van der Waals surface area contributed by atoms with Crippen molar-refractivity contribution in [3.8, 4) is 0 Å². The summed E-state index contributed by atoms with van der Waals surface area (Å²) in [4.78, 5) is 2.70. The van der Waals surface area contributed by atoms with E-state index < -0.39 is 0 Å². The first-order chi connectivity index (χ1) is 9.61. The SMILES string of the molecule is CCC1CNC(C)(C)CN1CCCCc1ccccc1. The Kier molecular flexibility index (Phi) is 5.62. The molecule has 2 heteroatoms. The summed E-state index contributed by atoms with van der Waals surface area (Å²) >= 11 is 0. The average molecular weight is 274 g/mol. The summed E-state index contributed by atoms with van der Waals surface area (Å²) in [6.45, 7) is 10.5. The van der Waals surface area contributed by atoms with Crippen molar-refractivity contribution in [3.05, 3.63) is 35.9 Å². The minimum Gasteiger partial charge on any atom is -0.309 e. The number of hydrogen-bond acceptors (Lipinski definition) is 2. The maximum atomic E-state index is 3.66. The van der Waals surface area contributed by atoms with Gasteiger partial charge in [0.15, 0.2) is 0 Å². The smallest absolute Gasteiger partial charge is 0.0252 e. The normalized spacial score (nSPS) is 22.9. The minimum absolute atomic E-state index is 0.269. The standard InChI is InChI=1S/C18H30N2/c1-4-17-14-19-18(2,3)15-20(17)13-9-8-12-16-10-6-5-7-11-16/h5-7,10-11,17,19H,4,8-9,12-15H2,1-3H3. The Balaban J connectivity index is 1.74. The van der Waals surface area contributed by atoms with E-state index in [1.165, 1.54) is 44.3 Å². The van der Waals surface area contributed by atoms with E-state index in [0.29, 0.717) is 0 Å². The van der Waals surface area contributed by atoms with Crippen LogP contribution in [0, 0.1) is 0 Å². The highest BCUT2D eigenvalue weighted by atomic mass is 15.2. The largest absolute Gasteiger partial charge is 0.309 e. The molecular weight excluding hydrogens is 244 g/mol. The second-order valence-electron chi connectivity index (χ2n) is 6.74. The Labute approximate surface area is 124 Å². The first-order valence-corrected chi connectivity index (χ1v) is 8.14. The lowest BCUT2D eigenvalue weighted by molar-refractivity contribution is 0.0911. The number of nitrogens with one attached hydrogen (secondary N) is 1. The van der Waals surface area contributed by atoms with E-state index in [2.05, 4.69) is 61.3 Å². The van der Waals surface area contributed by atoms with Crippen molar-refractivity contribution in [1.82, 2.24) is 10.2 Å². The van der Waals surface area contributed by atoms with Gasteiger partial charge in [-0.05, 0) is 51.6 Å². The number of aryl methyl sites for hydroxylation is 1. The van der Waals surface area contributed by atoms with Crippen molar-refractivity contribution < 1.29 is 0 Å². The predicted octanol–water partition coefficient (Wildman–Crippen LogP) is 3.47. The predicted molar refractivity (Wildman–Crippen MR) is 87.1 cm³/mol. The maximum Gasteiger partial charge on any atom is 0.0252 e. The van der Waals surface area contributed by atoms with Gasteiger partial charge in [0.05, 0.1) is 0 Å². The molecule has 1 N–H and O–H groups in total. The van der Waals surface area contributed by atoms with Gasteiger partial charge in [-0.1, -0.05) is 37.3 Å². The molecule has 0 radical (unpaired) electrons. The summed E-state index contributed by atoms with van der Waals surface area (Å²) in [7, 11) is 0. The maximum absolute atomic E-state index is 3.66. The molecule has 2 rings (SSSR count). The van der Waals surface area contributed by atoms with Crippen LogP contribution in [0.3, 0.4) is 0 Å². The lowest BCUT2D eigenvalue weighted by Gasteiger charge is -2.44. The number of unbranched alkanes of at least 4 members (excludes halogenated alkanes) is 1. The molecule has 20 heavy (non-hydrogen) atoms. The molecule has 1 saturated heterocycles. The van der Waals surface area contributed by atoms with Crippen molar-refractivity contribution in [3.63, 3.8) is 0 Å². The van der Waals surface area contributed by atoms with Gasteiger partial charge in [0, 0.05) is 24.7 Å². The topological polar surface area (TPSA) is 15.3 Å². The van der Waals surface area contributed by atoms with Gasteiger partial charge in [0.2, 0.25) is 0 Å². The summed E-state index contributed by atoms with van der Waals surface area (Å²) in [6, 6.07) is 11.6. The van der Waals surface area contributed by atoms with E-state index in [-0.39, 0.29) is 5.54 Å². The molecule has 1 unspecified atom stereocenters. The molecule has 0 saturated carbocycles. The second-order valence-corrected chi connectivity index (χ2v) is 6.74. The van der Waals surface area contributed by atoms with Crippen molar-refractivity contribution in [2.75, 3.05) is 19.6 Å². The summed E-state index contributed by atoms with van der Waals surface area (Å²) in [6.07, 6.45) is 5.07. The summed E-state index contributed by atoms with van der Waals surface area (Å²) in [5.74, 6) is 0. The Morgan fingerprint density at radius 1 is 1.20 bits per heavy atom. The van der Waals surface area contributed by atoms with Crippen molar-refractivity contribution in [2.24, 2.45) is 0 Å². The molecule has 2 nitrogen and oxygen atoms in total. The van der Waals surface area contributed by atoms with Gasteiger partial charge in [-0.2, -0.15) is 0 Å².